The molecule has 6 aliphatic rings. The van der Waals surface area contributed by atoms with Crippen molar-refractivity contribution in [2.75, 3.05) is 6.16 Å². The van der Waals surface area contributed by atoms with Crippen molar-refractivity contribution >= 4 is 49.0 Å². The van der Waals surface area contributed by atoms with Crippen LogP contribution in [0, 0.1) is 0 Å². The fourth-order valence-electron chi connectivity index (χ4n) is 8.87. The molecule has 0 aliphatic carbocycles. The first kappa shape index (κ1) is 64.8. The van der Waals surface area contributed by atoms with Crippen LogP contribution in [0.3, 0.4) is 0 Å². The van der Waals surface area contributed by atoms with Gasteiger partial charge in [0.05, 0.1) is 0 Å². The van der Waals surface area contributed by atoms with Gasteiger partial charge in [-0.15, -0.1) is 26.8 Å². The van der Waals surface area contributed by atoms with Gasteiger partial charge in [-0.25, -0.2) is 0 Å². The van der Waals surface area contributed by atoms with Crippen LogP contribution in [0.2, 0.25) is 0 Å². The number of rotatable bonds is 36. The van der Waals surface area contributed by atoms with E-state index in [0.29, 0.717) is 0 Å². The normalized spacial score (nSPS) is 34.0. The Morgan fingerprint density at radius 3 is 0.676 bits per heavy atom. The van der Waals surface area contributed by atoms with Crippen LogP contribution in [0.25, 0.3) is 0 Å². The molecule has 6 heterocycles. The van der Waals surface area contributed by atoms with Gasteiger partial charge in [0.15, 0.2) is 0 Å². The molecule has 0 aromatic heterocycles. The lowest BCUT2D eigenvalue weighted by molar-refractivity contribution is -0.789. The molecule has 6 fully saturated rings. The molecule has 0 radical (unpaired) electrons. The second-order valence-electron chi connectivity index (χ2n) is 19.4. The van der Waals surface area contributed by atoms with Crippen molar-refractivity contribution in [1.82, 2.24) is 0 Å². The Morgan fingerprint density at radius 2 is 0.500 bits per heavy atom. The largest absolute Gasteiger partial charge is 0.299 e. The van der Waals surface area contributed by atoms with E-state index >= 15 is 0 Å². The highest BCUT2D eigenvalue weighted by Gasteiger charge is 2.76. The molecular weight excluding hydrogens is 1050 g/mol. The van der Waals surface area contributed by atoms with Crippen molar-refractivity contribution < 1.29 is 56.8 Å². The Labute approximate surface area is 457 Å². The zero-order valence-corrected chi connectivity index (χ0v) is 52.2. The lowest BCUT2D eigenvalue weighted by Gasteiger charge is -2.65. The maximum Gasteiger partial charge on any atom is 0.299 e. The number of allylic oxidation sites excluding steroid dienone is 8. The molecule has 0 saturated carbocycles. The molecule has 0 aromatic rings. The minimum atomic E-state index is -2.14. The van der Waals surface area contributed by atoms with E-state index in [1.165, 1.54) is 0 Å². The third-order valence-electron chi connectivity index (χ3n) is 12.4. The van der Waals surface area contributed by atoms with Crippen molar-refractivity contribution in [3.05, 3.63) is 97.2 Å². The zero-order valence-electron chi connectivity index (χ0n) is 45.9. The fraction of sp³-hybridized carbons (Fsp3) is 0.714. The molecule has 6 rings (SSSR count). The van der Waals surface area contributed by atoms with E-state index < -0.39 is 47.8 Å². The topological polar surface area (TPSA) is 111 Å². The number of unbranched alkanes of at least 4 members (excludes halogenated alkanes) is 8. The van der Waals surface area contributed by atoms with Crippen LogP contribution >= 0.6 is 49.0 Å². The predicted octanol–water partition coefficient (Wildman–Crippen LogP) is 18.3. The van der Waals surface area contributed by atoms with Gasteiger partial charge < -0.3 is 0 Å². The summed E-state index contributed by atoms with van der Waals surface area (Å²) in [6.45, 7) is 14.8. The quantitative estimate of drug-likeness (QED) is 0.0338. The molecule has 9 unspecified atom stereocenters. The van der Waals surface area contributed by atoms with Gasteiger partial charge in [-0.3, -0.25) is 56.8 Å². The third-order valence-corrected chi connectivity index (χ3v) is 34.8. The van der Waals surface area contributed by atoms with Crippen LogP contribution < -0.4 is 0 Å². The summed E-state index contributed by atoms with van der Waals surface area (Å²) in [6.07, 6.45) is 48.0. The first-order valence-corrected chi connectivity index (χ1v) is 38.4. The number of hydrogen-bond donors (Lipinski definition) is 0. The van der Waals surface area contributed by atoms with Crippen molar-refractivity contribution in [2.24, 2.45) is 0 Å². The highest BCUT2D eigenvalue weighted by molar-refractivity contribution is 8.87. The fourth-order valence-corrected chi connectivity index (χ4v) is 30.8. The Bertz CT molecular complexity index is 1820. The van der Waals surface area contributed by atoms with Crippen molar-refractivity contribution in [2.45, 2.75) is 250 Å². The molecule has 12 nitrogen and oxygen atoms in total. The second kappa shape index (κ2) is 32.5. The molecule has 420 valence electrons. The molecule has 8 bridgehead atoms. The lowest BCUT2D eigenvalue weighted by atomic mass is 10.1. The second-order valence-corrected chi connectivity index (χ2v) is 38.1. The predicted molar refractivity (Wildman–Crippen MR) is 315 cm³/mol. The van der Waals surface area contributed by atoms with Crippen LogP contribution in [0.15, 0.2) is 97.2 Å². The van der Waals surface area contributed by atoms with Gasteiger partial charge in [0.25, 0.3) is 47.8 Å². The summed E-state index contributed by atoms with van der Waals surface area (Å²) in [6, 6.07) is 0. The van der Waals surface area contributed by atoms with Gasteiger partial charge in [-0.1, -0.05) is 205 Å². The maximum atomic E-state index is 7.59. The van der Waals surface area contributed by atoms with Gasteiger partial charge >= 0.3 is 0 Å². The summed E-state index contributed by atoms with van der Waals surface area (Å²) in [5.74, 6) is -17.0. The highest BCUT2D eigenvalue weighted by atomic mass is 32.9. The van der Waals surface area contributed by atoms with Crippen LogP contribution in [-0.2, 0) is 56.8 Å². The third kappa shape index (κ3) is 19.3. The molecule has 18 heteroatoms. The Kier molecular flexibility index (Phi) is 28.4. The molecular formula is C56H94O12P6. The zero-order chi connectivity index (χ0) is 53.3. The SMILES string of the molecule is CCC/C=C/CC12OC3(C/C=C/CCC)OC4(C/C=C/CCC)OC(C/C=C/CCC)(O1)OC1(C/C=C/CCCC)OC(C/C=C/CCC)(O2)OC(C/C=C/CCC)(O3)OC(C/C=C/CCP(PP)P(P)P)(O4)O1. The van der Waals surface area contributed by atoms with Gasteiger partial charge in [-0.05, 0) is 71.8 Å². The van der Waals surface area contributed by atoms with Gasteiger partial charge in [-0.2, -0.15) is 0 Å². The summed E-state index contributed by atoms with van der Waals surface area (Å²) in [4.78, 5) is 0. The van der Waals surface area contributed by atoms with E-state index in [1.54, 1.807) is 0 Å². The van der Waals surface area contributed by atoms with E-state index in [1.807, 2.05) is 48.6 Å². The first-order valence-electron chi connectivity index (χ1n) is 27.9. The molecule has 0 aromatic carbocycles. The average Bonchev–Trinajstić information content (AvgIpc) is 3.33. The number of hydrogen-bond acceptors (Lipinski definition) is 12. The molecule has 6 saturated heterocycles. The summed E-state index contributed by atoms with van der Waals surface area (Å²) >= 11 is 0. The summed E-state index contributed by atoms with van der Waals surface area (Å²) in [5.41, 5.74) is 0. The molecule has 74 heavy (non-hydrogen) atoms. The van der Waals surface area contributed by atoms with E-state index in [-0.39, 0.29) is 65.7 Å². The van der Waals surface area contributed by atoms with Gasteiger partial charge in [0, 0.05) is 51.4 Å². The van der Waals surface area contributed by atoms with Crippen LogP contribution in [-0.4, -0.2) is 53.9 Å². The smallest absolute Gasteiger partial charge is 0.269 e. The first-order chi connectivity index (χ1) is 35.8. The lowest BCUT2D eigenvalue weighted by Crippen LogP contribution is -2.79. The van der Waals surface area contributed by atoms with Gasteiger partial charge in [0.2, 0.25) is 0 Å². The van der Waals surface area contributed by atoms with E-state index in [2.05, 4.69) is 124 Å². The Balaban J connectivity index is 1.94. The van der Waals surface area contributed by atoms with E-state index in [4.69, 9.17) is 56.8 Å². The molecule has 0 spiro atoms. The van der Waals surface area contributed by atoms with Crippen LogP contribution in [0.1, 0.15) is 203 Å². The van der Waals surface area contributed by atoms with Crippen LogP contribution in [0.5, 0.6) is 0 Å². The van der Waals surface area contributed by atoms with Crippen molar-refractivity contribution in [3.63, 3.8) is 0 Å². The summed E-state index contributed by atoms with van der Waals surface area (Å²) in [7, 11) is 9.67. The standard InChI is InChI=1S/C56H94O12P6/c1-8-15-22-29-37-46-55-64-51(42-33-25-18-11-4)58-49(40-31-23-16-9-2)57-50(41-32-24-17-10-3)60-53(62-51,44-35-27-20-13-6)66-56(68-55,47-38-30-39-48-73(72-69)74(70)71)67-54(61-50,45-36-28-21-14-7)63-52(59-49,65-55)43-34-26-19-12-5/h23-38,72H,8-22,39-48,69-71H2,1-7H3/b31-23+,32-24+,33-25+,34-26+,35-27+,36-28+,37-29+,38-30+. The molecule has 0 amide bonds. The van der Waals surface area contributed by atoms with E-state index in [9.17, 15) is 0 Å². The molecule has 0 N–H and O–H groups in total. The van der Waals surface area contributed by atoms with E-state index in [0.717, 1.165) is 117 Å². The Morgan fingerprint density at radius 1 is 0.297 bits per heavy atom. The highest BCUT2D eigenvalue weighted by Crippen LogP contribution is 2.88. The van der Waals surface area contributed by atoms with Gasteiger partial charge in [0.1, 0.15) is 0 Å². The molecule has 6 aliphatic heterocycles. The summed E-state index contributed by atoms with van der Waals surface area (Å²) in [5, 5.41) is 0. The molecule has 9 atom stereocenters. The monoisotopic (exact) mass is 1140 g/mol. The average molecular weight is 1150 g/mol. The summed E-state index contributed by atoms with van der Waals surface area (Å²) < 4.78 is 90.6. The number of ether oxygens (including phenoxy) is 12. The Hall–Kier alpha value is 0.0200. The van der Waals surface area contributed by atoms with Crippen LogP contribution in [0.4, 0.5) is 0 Å². The minimum absolute atomic E-state index is 0.0161. The van der Waals surface area contributed by atoms with Crippen molar-refractivity contribution in [3.8, 4) is 0 Å². The minimum Gasteiger partial charge on any atom is -0.269 e. The maximum absolute atomic E-state index is 7.59. The van der Waals surface area contributed by atoms with Crippen molar-refractivity contribution in [1.29, 1.82) is 0 Å².